The highest BCUT2D eigenvalue weighted by molar-refractivity contribution is 5.95. The number of nitrogens with zero attached hydrogens (tertiary/aromatic N) is 3. The van der Waals surface area contributed by atoms with Gasteiger partial charge in [0.2, 0.25) is 5.43 Å². The monoisotopic (exact) mass is 427 g/mol. The molecule has 1 saturated heterocycles. The third-order valence-corrected chi connectivity index (χ3v) is 5.29. The molecule has 1 aromatic heterocycles. The quantitative estimate of drug-likeness (QED) is 0.618. The van der Waals surface area contributed by atoms with Gasteiger partial charge in [0.1, 0.15) is 17.1 Å². The molecule has 0 unspecified atom stereocenters. The van der Waals surface area contributed by atoms with Crippen molar-refractivity contribution >= 4 is 22.6 Å². The Morgan fingerprint density at radius 2 is 1.81 bits per heavy atom. The number of hydroxylamine groups is 2. The zero-order valence-corrected chi connectivity index (χ0v) is 16.9. The lowest BCUT2D eigenvalue weighted by atomic mass is 10.1. The van der Waals surface area contributed by atoms with Crippen LogP contribution in [-0.4, -0.2) is 58.7 Å². The summed E-state index contributed by atoms with van der Waals surface area (Å²) in [6.45, 7) is 3.30. The van der Waals surface area contributed by atoms with Crippen molar-refractivity contribution in [3.63, 3.8) is 0 Å². The van der Waals surface area contributed by atoms with Crippen LogP contribution in [0.4, 0.5) is 10.1 Å². The Bertz CT molecular complexity index is 1180. The van der Waals surface area contributed by atoms with Crippen LogP contribution in [0.5, 0.6) is 5.75 Å². The molecule has 0 radical (unpaired) electrons. The number of anilines is 1. The Balaban J connectivity index is 1.95. The van der Waals surface area contributed by atoms with E-state index >= 15 is 4.39 Å². The van der Waals surface area contributed by atoms with Crippen molar-refractivity contribution in [2.75, 3.05) is 37.7 Å². The minimum Gasteiger partial charge on any atom is -0.508 e. The Hall–Kier alpha value is -3.43. The normalized spacial score (nSPS) is 14.7. The number of hydrogen-bond donors (Lipinski definition) is 2. The van der Waals surface area contributed by atoms with Gasteiger partial charge in [0, 0.05) is 43.4 Å². The number of rotatable bonds is 4. The summed E-state index contributed by atoms with van der Waals surface area (Å²) in [6, 6.07) is 8.92. The molecule has 162 valence electrons. The maximum Gasteiger partial charge on any atom is 0.343 e. The van der Waals surface area contributed by atoms with E-state index in [-0.39, 0.29) is 23.3 Å². The molecular formula is C22H22FN3O5. The van der Waals surface area contributed by atoms with E-state index in [0.29, 0.717) is 43.1 Å². The summed E-state index contributed by atoms with van der Waals surface area (Å²) in [5, 5.41) is 20.4. The molecule has 0 amide bonds. The van der Waals surface area contributed by atoms with Crippen molar-refractivity contribution in [3.05, 3.63) is 64.2 Å². The van der Waals surface area contributed by atoms with Crippen LogP contribution in [0.1, 0.15) is 17.3 Å². The number of esters is 1. The van der Waals surface area contributed by atoms with E-state index in [1.54, 1.807) is 34.6 Å². The standard InChI is InChI=1S/C22H22FN3O5/c1-2-31-22(29)17-13-26(14-3-5-15(27)6-4-14)19-12-20(18(23)11-16(19)21(17)28)24-7-9-25(30)10-8-24/h3-6,11-13,27,30H,2,7-10H2,1H3. The Kier molecular flexibility index (Phi) is 5.62. The van der Waals surface area contributed by atoms with Gasteiger partial charge < -0.3 is 24.5 Å². The summed E-state index contributed by atoms with van der Waals surface area (Å²) in [4.78, 5) is 27.2. The zero-order valence-electron chi connectivity index (χ0n) is 16.9. The van der Waals surface area contributed by atoms with E-state index in [4.69, 9.17) is 4.74 Å². The number of aromatic nitrogens is 1. The van der Waals surface area contributed by atoms with E-state index < -0.39 is 17.2 Å². The van der Waals surface area contributed by atoms with E-state index in [1.807, 2.05) is 0 Å². The van der Waals surface area contributed by atoms with Gasteiger partial charge in [0.15, 0.2) is 0 Å². The van der Waals surface area contributed by atoms with Crippen molar-refractivity contribution in [1.29, 1.82) is 0 Å². The number of piperazine rings is 1. The second kappa shape index (κ2) is 8.37. The maximum atomic E-state index is 15.0. The third kappa shape index (κ3) is 3.97. The minimum absolute atomic E-state index is 0.0423. The van der Waals surface area contributed by atoms with Gasteiger partial charge in [-0.05, 0) is 43.3 Å². The Morgan fingerprint density at radius 1 is 1.13 bits per heavy atom. The van der Waals surface area contributed by atoms with E-state index in [0.717, 1.165) is 6.07 Å². The second-order valence-electron chi connectivity index (χ2n) is 7.24. The first-order valence-corrected chi connectivity index (χ1v) is 9.93. The van der Waals surface area contributed by atoms with E-state index in [9.17, 15) is 19.9 Å². The SMILES string of the molecule is CCOC(=O)c1cn(-c2ccc(O)cc2)c2cc(N3CCN(O)CC3)c(F)cc2c1=O. The smallest absolute Gasteiger partial charge is 0.343 e. The molecule has 3 aromatic rings. The Labute approximate surface area is 177 Å². The molecule has 4 rings (SSSR count). The largest absolute Gasteiger partial charge is 0.508 e. The van der Waals surface area contributed by atoms with Crippen LogP contribution < -0.4 is 10.3 Å². The van der Waals surface area contributed by atoms with Gasteiger partial charge in [0.25, 0.3) is 0 Å². The number of carbonyl (C=O) groups excluding carboxylic acids is 1. The van der Waals surface area contributed by atoms with Crippen molar-refractivity contribution < 1.29 is 24.2 Å². The van der Waals surface area contributed by atoms with Gasteiger partial charge in [-0.2, -0.15) is 5.06 Å². The Morgan fingerprint density at radius 3 is 2.45 bits per heavy atom. The van der Waals surface area contributed by atoms with Crippen molar-refractivity contribution in [2.24, 2.45) is 0 Å². The van der Waals surface area contributed by atoms with Crippen LogP contribution >= 0.6 is 0 Å². The molecule has 0 aliphatic carbocycles. The molecule has 0 bridgehead atoms. The molecule has 8 nitrogen and oxygen atoms in total. The summed E-state index contributed by atoms with van der Waals surface area (Å²) < 4.78 is 21.6. The highest BCUT2D eigenvalue weighted by Gasteiger charge is 2.23. The highest BCUT2D eigenvalue weighted by Crippen LogP contribution is 2.28. The lowest BCUT2D eigenvalue weighted by molar-refractivity contribution is -0.0936. The topological polar surface area (TPSA) is 95.2 Å². The number of fused-ring (bicyclic) bond motifs is 1. The van der Waals surface area contributed by atoms with Gasteiger partial charge >= 0.3 is 5.97 Å². The zero-order chi connectivity index (χ0) is 22.1. The number of carbonyl (C=O) groups is 1. The molecule has 2 heterocycles. The first-order valence-electron chi connectivity index (χ1n) is 9.93. The number of hydrogen-bond acceptors (Lipinski definition) is 7. The molecule has 2 aromatic carbocycles. The predicted molar refractivity (Wildman–Crippen MR) is 113 cm³/mol. The number of ether oxygens (including phenoxy) is 1. The van der Waals surface area contributed by atoms with Crippen molar-refractivity contribution in [1.82, 2.24) is 9.63 Å². The van der Waals surface area contributed by atoms with E-state index in [2.05, 4.69) is 0 Å². The van der Waals surface area contributed by atoms with Crippen LogP contribution in [0.15, 0.2) is 47.4 Å². The number of pyridine rings is 1. The predicted octanol–water partition coefficient (Wildman–Crippen LogP) is 2.52. The summed E-state index contributed by atoms with van der Waals surface area (Å²) in [5.74, 6) is -1.31. The highest BCUT2D eigenvalue weighted by atomic mass is 19.1. The molecular weight excluding hydrogens is 405 g/mol. The molecule has 0 spiro atoms. The summed E-state index contributed by atoms with van der Waals surface area (Å²) in [6.07, 6.45) is 1.38. The van der Waals surface area contributed by atoms with Gasteiger partial charge in [-0.3, -0.25) is 4.79 Å². The van der Waals surface area contributed by atoms with Crippen LogP contribution in [0.3, 0.4) is 0 Å². The molecule has 31 heavy (non-hydrogen) atoms. The third-order valence-electron chi connectivity index (χ3n) is 5.29. The molecule has 9 heteroatoms. The number of benzene rings is 2. The number of phenols is 1. The molecule has 1 aliphatic rings. The van der Waals surface area contributed by atoms with E-state index in [1.165, 1.54) is 23.4 Å². The molecule has 2 N–H and O–H groups in total. The average Bonchev–Trinajstić information content (AvgIpc) is 2.76. The fourth-order valence-corrected chi connectivity index (χ4v) is 3.69. The van der Waals surface area contributed by atoms with Gasteiger partial charge in [-0.1, -0.05) is 0 Å². The number of halogens is 1. The van der Waals surface area contributed by atoms with Crippen molar-refractivity contribution in [2.45, 2.75) is 6.92 Å². The molecule has 0 atom stereocenters. The summed E-state index contributed by atoms with van der Waals surface area (Å²) >= 11 is 0. The fraction of sp³-hybridized carbons (Fsp3) is 0.273. The summed E-state index contributed by atoms with van der Waals surface area (Å²) in [7, 11) is 0. The molecule has 1 fully saturated rings. The first-order chi connectivity index (χ1) is 14.9. The average molecular weight is 427 g/mol. The number of aromatic hydroxyl groups is 1. The minimum atomic E-state index is -0.787. The van der Waals surface area contributed by atoms with Gasteiger partial charge in [-0.25, -0.2) is 9.18 Å². The van der Waals surface area contributed by atoms with Crippen LogP contribution in [0.25, 0.3) is 16.6 Å². The van der Waals surface area contributed by atoms with Gasteiger partial charge in [0.05, 0.1) is 17.8 Å². The maximum absolute atomic E-state index is 15.0. The fourth-order valence-electron chi connectivity index (χ4n) is 3.69. The lowest BCUT2D eigenvalue weighted by Gasteiger charge is -2.33. The van der Waals surface area contributed by atoms with Gasteiger partial charge in [-0.15, -0.1) is 0 Å². The van der Waals surface area contributed by atoms with Crippen LogP contribution in [0.2, 0.25) is 0 Å². The van der Waals surface area contributed by atoms with Crippen molar-refractivity contribution in [3.8, 4) is 11.4 Å². The summed E-state index contributed by atoms with van der Waals surface area (Å²) in [5.41, 5.74) is 0.464. The lowest BCUT2D eigenvalue weighted by Crippen LogP contribution is -2.45. The van der Waals surface area contributed by atoms with Crippen LogP contribution in [0, 0.1) is 5.82 Å². The molecule has 1 aliphatic heterocycles. The molecule has 0 saturated carbocycles. The first kappa shape index (κ1) is 20.8. The second-order valence-corrected chi connectivity index (χ2v) is 7.24. The number of phenolic OH excluding ortho intramolecular Hbond substituents is 1. The van der Waals surface area contributed by atoms with Crippen LogP contribution in [-0.2, 0) is 4.74 Å².